The lowest BCUT2D eigenvalue weighted by atomic mass is 9.85. The number of aromatic nitrogens is 2. The van der Waals surface area contributed by atoms with Crippen LogP contribution in [0.2, 0.25) is 0 Å². The second-order valence-corrected chi connectivity index (χ2v) is 7.20. The van der Waals surface area contributed by atoms with Crippen LogP contribution in [0.25, 0.3) is 0 Å². The van der Waals surface area contributed by atoms with Gasteiger partial charge in [-0.2, -0.15) is 18.4 Å². The number of amides is 2. The van der Waals surface area contributed by atoms with E-state index in [0.29, 0.717) is 0 Å². The average Bonchev–Trinajstić information content (AvgIpc) is 3.35. The van der Waals surface area contributed by atoms with Crippen molar-refractivity contribution in [1.29, 1.82) is 5.26 Å². The number of nitrogens with one attached hydrogen (secondary N) is 1. The van der Waals surface area contributed by atoms with Crippen LogP contribution in [-0.2, 0) is 16.4 Å². The van der Waals surface area contributed by atoms with E-state index in [4.69, 9.17) is 5.26 Å². The summed E-state index contributed by atoms with van der Waals surface area (Å²) < 4.78 is 53.4. The summed E-state index contributed by atoms with van der Waals surface area (Å²) in [7, 11) is 0. The van der Waals surface area contributed by atoms with E-state index in [1.54, 1.807) is 0 Å². The number of hydrogen-bond acceptors (Lipinski definition) is 5. The molecule has 1 aromatic carbocycles. The second-order valence-electron chi connectivity index (χ2n) is 7.20. The van der Waals surface area contributed by atoms with Gasteiger partial charge in [0, 0.05) is 17.5 Å². The van der Waals surface area contributed by atoms with Crippen molar-refractivity contribution >= 4 is 17.8 Å². The van der Waals surface area contributed by atoms with Crippen LogP contribution >= 0.6 is 0 Å². The van der Waals surface area contributed by atoms with E-state index < -0.39 is 41.7 Å². The van der Waals surface area contributed by atoms with Crippen molar-refractivity contribution in [2.75, 3.05) is 18.4 Å². The Kier molecular flexibility index (Phi) is 4.45. The highest BCUT2D eigenvalue weighted by Crippen LogP contribution is 2.55. The van der Waals surface area contributed by atoms with Crippen molar-refractivity contribution < 1.29 is 27.2 Å². The number of halogens is 4. The fraction of sp³-hybridized carbons (Fsp3) is 0.316. The molecule has 1 N–H and O–H groups in total. The van der Waals surface area contributed by atoms with Crippen molar-refractivity contribution in [3.05, 3.63) is 52.8 Å². The maximum Gasteiger partial charge on any atom is 0.416 e. The molecule has 2 aliphatic rings. The Labute approximate surface area is 167 Å². The van der Waals surface area contributed by atoms with Crippen LogP contribution in [0, 0.1) is 11.3 Å². The molecule has 0 unspecified atom stereocenters. The van der Waals surface area contributed by atoms with Crippen molar-refractivity contribution in [1.82, 2.24) is 14.9 Å². The smallest absolute Gasteiger partial charge is 0.328 e. The molecule has 1 aliphatic heterocycles. The number of nitrogens with zero attached hydrogens (tertiary/aromatic N) is 4. The maximum absolute atomic E-state index is 14.2. The van der Waals surface area contributed by atoms with Crippen LogP contribution in [0.15, 0.2) is 30.6 Å². The van der Waals surface area contributed by atoms with E-state index in [2.05, 4.69) is 15.3 Å². The summed E-state index contributed by atoms with van der Waals surface area (Å²) in [4.78, 5) is 33.7. The first-order valence-corrected chi connectivity index (χ1v) is 8.81. The zero-order chi connectivity index (χ0) is 21.7. The molecule has 1 saturated carbocycles. The normalized spacial score (nSPS) is 22.4. The van der Waals surface area contributed by atoms with Crippen molar-refractivity contribution in [3.8, 4) is 6.07 Å². The molecule has 1 spiro atoms. The molecule has 0 saturated heterocycles. The fourth-order valence-electron chi connectivity index (χ4n) is 3.61. The molecule has 2 aromatic rings. The first-order chi connectivity index (χ1) is 14.1. The number of rotatable bonds is 3. The van der Waals surface area contributed by atoms with Gasteiger partial charge in [-0.25, -0.2) is 14.4 Å². The lowest BCUT2D eigenvalue weighted by Crippen LogP contribution is -2.47. The van der Waals surface area contributed by atoms with Crippen LogP contribution in [0.5, 0.6) is 0 Å². The van der Waals surface area contributed by atoms with Crippen LogP contribution in [0.3, 0.4) is 0 Å². The van der Waals surface area contributed by atoms with Gasteiger partial charge in [0.2, 0.25) is 11.9 Å². The van der Waals surface area contributed by atoms with Crippen molar-refractivity contribution in [2.45, 2.75) is 24.2 Å². The summed E-state index contributed by atoms with van der Waals surface area (Å²) in [6.07, 6.45) is -3.63. The Morgan fingerprint density at radius 2 is 2.00 bits per heavy atom. The van der Waals surface area contributed by atoms with Gasteiger partial charge in [-0.15, -0.1) is 0 Å². The average molecular weight is 419 g/mol. The molecule has 2 atom stereocenters. The summed E-state index contributed by atoms with van der Waals surface area (Å²) in [5.74, 6) is -1.39. The van der Waals surface area contributed by atoms with Crippen molar-refractivity contribution in [2.24, 2.45) is 0 Å². The molecule has 1 aliphatic carbocycles. The molecule has 2 amide bonds. The van der Waals surface area contributed by atoms with Gasteiger partial charge in [0.1, 0.15) is 18.8 Å². The Morgan fingerprint density at radius 1 is 1.33 bits per heavy atom. The van der Waals surface area contributed by atoms with E-state index in [1.165, 1.54) is 12.4 Å². The predicted molar refractivity (Wildman–Crippen MR) is 93.9 cm³/mol. The Morgan fingerprint density at radius 3 is 2.57 bits per heavy atom. The summed E-state index contributed by atoms with van der Waals surface area (Å²) in [6.45, 7) is -0.653. The van der Waals surface area contributed by atoms with E-state index in [1.807, 2.05) is 6.07 Å². The van der Waals surface area contributed by atoms with E-state index in [-0.39, 0.29) is 35.6 Å². The highest BCUT2D eigenvalue weighted by atomic mass is 19.4. The fourth-order valence-corrected chi connectivity index (χ4v) is 3.61. The van der Waals surface area contributed by atoms with Gasteiger partial charge in [0.25, 0.3) is 5.91 Å². The van der Waals surface area contributed by atoms with E-state index >= 15 is 0 Å². The molecular weight excluding hydrogens is 406 g/mol. The number of benzene rings is 1. The number of hydrogen-bond donors (Lipinski definition) is 1. The van der Waals surface area contributed by atoms with Crippen LogP contribution in [-0.4, -0.2) is 45.9 Å². The van der Waals surface area contributed by atoms with E-state index in [9.17, 15) is 27.2 Å². The summed E-state index contributed by atoms with van der Waals surface area (Å²) in [5.41, 5.74) is -2.01. The minimum absolute atomic E-state index is 0.0224. The first kappa shape index (κ1) is 19.8. The summed E-state index contributed by atoms with van der Waals surface area (Å²) in [6, 6.07) is 4.45. The zero-order valence-electron chi connectivity index (χ0n) is 15.2. The minimum Gasteiger partial charge on any atom is -0.328 e. The molecule has 7 nitrogen and oxygen atoms in total. The topological polar surface area (TPSA) is 99.0 Å². The molecule has 1 aromatic heterocycles. The third kappa shape index (κ3) is 3.34. The molecule has 2 heterocycles. The molecule has 154 valence electrons. The molecule has 1 fully saturated rings. The predicted octanol–water partition coefficient (Wildman–Crippen LogP) is 2.44. The Hall–Kier alpha value is -3.55. The maximum atomic E-state index is 14.2. The number of fused-ring (bicyclic) bond motifs is 2. The van der Waals surface area contributed by atoms with Gasteiger partial charge < -0.3 is 4.90 Å². The van der Waals surface area contributed by atoms with Gasteiger partial charge in [-0.1, -0.05) is 0 Å². The quantitative estimate of drug-likeness (QED) is 0.771. The number of anilines is 1. The first-order valence-electron chi connectivity index (χ1n) is 8.81. The van der Waals surface area contributed by atoms with Gasteiger partial charge in [-0.05, 0) is 30.2 Å². The highest BCUT2D eigenvalue weighted by molar-refractivity contribution is 6.01. The van der Waals surface area contributed by atoms with Gasteiger partial charge in [0.15, 0.2) is 0 Å². The molecule has 0 bridgehead atoms. The second kappa shape index (κ2) is 6.76. The third-order valence-corrected chi connectivity index (χ3v) is 5.22. The number of nitriles is 1. The Bertz CT molecular complexity index is 1080. The highest BCUT2D eigenvalue weighted by Gasteiger charge is 2.61. The van der Waals surface area contributed by atoms with Gasteiger partial charge in [0.05, 0.1) is 23.5 Å². The number of alkyl halides is 4. The van der Waals surface area contributed by atoms with Crippen molar-refractivity contribution in [3.63, 3.8) is 0 Å². The summed E-state index contributed by atoms with van der Waals surface area (Å²) >= 11 is 0. The van der Waals surface area contributed by atoms with Crippen LogP contribution in [0.4, 0.5) is 23.5 Å². The minimum atomic E-state index is -4.61. The monoisotopic (exact) mass is 419 g/mol. The SMILES string of the molecule is N#Cc1cnc(NC(=O)CN2C[C@]3(C[C@H]3F)c3cc(C(F)(F)F)ccc3C2=O)nc1. The third-order valence-electron chi connectivity index (χ3n) is 5.22. The number of carbonyl (C=O) groups is 2. The van der Waals surface area contributed by atoms with Crippen LogP contribution in [0.1, 0.15) is 33.5 Å². The van der Waals surface area contributed by atoms with Gasteiger partial charge in [-0.3, -0.25) is 14.9 Å². The lowest BCUT2D eigenvalue weighted by Gasteiger charge is -2.34. The largest absolute Gasteiger partial charge is 0.416 e. The Balaban J connectivity index is 1.56. The van der Waals surface area contributed by atoms with Crippen LogP contribution < -0.4 is 5.32 Å². The molecule has 4 rings (SSSR count). The number of carbonyl (C=O) groups excluding carboxylic acids is 2. The molecule has 11 heteroatoms. The van der Waals surface area contributed by atoms with Gasteiger partial charge >= 0.3 is 6.18 Å². The zero-order valence-corrected chi connectivity index (χ0v) is 15.2. The molecular formula is C19H13F4N5O2. The molecule has 30 heavy (non-hydrogen) atoms. The lowest BCUT2D eigenvalue weighted by molar-refractivity contribution is -0.137. The molecule has 0 radical (unpaired) electrons. The standard InChI is InChI=1S/C19H13F4N5O2/c20-14-4-18(14)9-28(8-15(29)27-17-25-6-10(5-24)7-26-17)16(30)12-2-1-11(3-13(12)18)19(21,22)23/h1-3,6-7,14H,4,8-9H2,(H,25,26,27,29)/t14-,18-/m1/s1. The summed E-state index contributed by atoms with van der Waals surface area (Å²) in [5, 5.41) is 11.1. The van der Waals surface area contributed by atoms with E-state index in [0.717, 1.165) is 23.1 Å².